The summed E-state index contributed by atoms with van der Waals surface area (Å²) in [7, 11) is 0. The summed E-state index contributed by atoms with van der Waals surface area (Å²) in [4.78, 5) is 0. The summed E-state index contributed by atoms with van der Waals surface area (Å²) in [6.07, 6.45) is 1.19. The van der Waals surface area contributed by atoms with Crippen LogP contribution in [-0.4, -0.2) is 19.2 Å². The highest BCUT2D eigenvalue weighted by atomic mass is 35.5. The molecule has 0 aliphatic heterocycles. The lowest BCUT2D eigenvalue weighted by Crippen LogP contribution is -2.90. The smallest absolute Gasteiger partial charge is 0.137 e. The Kier molecular flexibility index (Phi) is 5.79. The van der Waals surface area contributed by atoms with E-state index in [2.05, 4.69) is 19.2 Å². The van der Waals surface area contributed by atoms with Crippen molar-refractivity contribution in [1.82, 2.24) is 0 Å². The van der Waals surface area contributed by atoms with Crippen LogP contribution in [0.4, 0.5) is 0 Å². The number of halogens is 1. The molecule has 0 aliphatic rings. The van der Waals surface area contributed by atoms with Gasteiger partial charge in [0.05, 0.1) is 6.04 Å². The quantitative estimate of drug-likeness (QED) is 0.778. The average molecular weight is 257 g/mol. The number of hydrogen-bond acceptors (Lipinski definition) is 1. The van der Waals surface area contributed by atoms with Gasteiger partial charge in [0.25, 0.3) is 0 Å². The minimum absolute atomic E-state index is 0.673. The van der Waals surface area contributed by atoms with E-state index in [1.807, 2.05) is 26.0 Å². The molecule has 17 heavy (non-hydrogen) atoms. The largest absolute Gasteiger partial charge is 0.488 e. The van der Waals surface area contributed by atoms with Gasteiger partial charge in [-0.3, -0.25) is 0 Å². The number of rotatable bonds is 6. The molecule has 0 bridgehead atoms. The molecule has 0 amide bonds. The minimum atomic E-state index is 0.673. The van der Waals surface area contributed by atoms with Crippen LogP contribution in [0.1, 0.15) is 31.4 Å². The van der Waals surface area contributed by atoms with Crippen molar-refractivity contribution in [2.24, 2.45) is 0 Å². The molecule has 0 fully saturated rings. The lowest BCUT2D eigenvalue weighted by atomic mass is 10.1. The lowest BCUT2D eigenvalue weighted by Gasteiger charge is -2.11. The first-order chi connectivity index (χ1) is 8.04. The molecule has 1 aromatic carbocycles. The third-order valence-corrected chi connectivity index (χ3v) is 3.61. The molecule has 1 rings (SSSR count). The van der Waals surface area contributed by atoms with Gasteiger partial charge in [0.1, 0.15) is 18.9 Å². The second-order valence-corrected chi connectivity index (χ2v) is 5.01. The van der Waals surface area contributed by atoms with E-state index in [4.69, 9.17) is 16.3 Å². The summed E-state index contributed by atoms with van der Waals surface area (Å²) < 4.78 is 5.73. The Labute approximate surface area is 109 Å². The van der Waals surface area contributed by atoms with Crippen LogP contribution in [-0.2, 0) is 0 Å². The zero-order valence-electron chi connectivity index (χ0n) is 11.2. The molecule has 3 heteroatoms. The Balaban J connectivity index is 2.42. The molecule has 2 N–H and O–H groups in total. The van der Waals surface area contributed by atoms with Crippen LogP contribution in [0.15, 0.2) is 12.1 Å². The van der Waals surface area contributed by atoms with Gasteiger partial charge >= 0.3 is 0 Å². The lowest BCUT2D eigenvalue weighted by molar-refractivity contribution is -0.686. The average Bonchev–Trinajstić information content (AvgIpc) is 2.31. The molecule has 1 atom stereocenters. The van der Waals surface area contributed by atoms with E-state index >= 15 is 0 Å². The van der Waals surface area contributed by atoms with Gasteiger partial charge in [0.2, 0.25) is 0 Å². The van der Waals surface area contributed by atoms with Crippen LogP contribution in [0.2, 0.25) is 5.02 Å². The predicted molar refractivity (Wildman–Crippen MR) is 73.0 cm³/mol. The van der Waals surface area contributed by atoms with Crippen molar-refractivity contribution in [2.45, 2.75) is 40.2 Å². The highest BCUT2D eigenvalue weighted by Gasteiger charge is 2.04. The summed E-state index contributed by atoms with van der Waals surface area (Å²) in [6.45, 7) is 10.2. The van der Waals surface area contributed by atoms with Crippen molar-refractivity contribution in [3.8, 4) is 5.75 Å². The fraction of sp³-hybridized carbons (Fsp3) is 0.571. The van der Waals surface area contributed by atoms with Crippen LogP contribution in [0.3, 0.4) is 0 Å². The zero-order chi connectivity index (χ0) is 12.8. The molecule has 1 aromatic rings. The fourth-order valence-corrected chi connectivity index (χ4v) is 1.79. The van der Waals surface area contributed by atoms with E-state index in [1.165, 1.54) is 6.42 Å². The molecule has 2 nitrogen and oxygen atoms in total. The molecule has 0 aromatic heterocycles. The van der Waals surface area contributed by atoms with Crippen LogP contribution >= 0.6 is 11.6 Å². The van der Waals surface area contributed by atoms with Crippen molar-refractivity contribution in [1.29, 1.82) is 0 Å². The van der Waals surface area contributed by atoms with Crippen molar-refractivity contribution in [3.63, 3.8) is 0 Å². The van der Waals surface area contributed by atoms with Crippen molar-refractivity contribution in [2.75, 3.05) is 13.2 Å². The van der Waals surface area contributed by atoms with Crippen LogP contribution in [0.25, 0.3) is 0 Å². The van der Waals surface area contributed by atoms with E-state index in [1.54, 1.807) is 0 Å². The van der Waals surface area contributed by atoms with Gasteiger partial charge in [0.15, 0.2) is 0 Å². The van der Waals surface area contributed by atoms with Crippen LogP contribution in [0.5, 0.6) is 5.75 Å². The van der Waals surface area contributed by atoms with Gasteiger partial charge in [-0.05, 0) is 50.5 Å². The first-order valence-corrected chi connectivity index (χ1v) is 6.65. The molecular weight excluding hydrogens is 234 g/mol. The van der Waals surface area contributed by atoms with E-state index < -0.39 is 0 Å². The Morgan fingerprint density at radius 3 is 2.41 bits per heavy atom. The van der Waals surface area contributed by atoms with Crippen LogP contribution < -0.4 is 10.1 Å². The molecule has 0 saturated carbocycles. The second-order valence-electron chi connectivity index (χ2n) is 4.63. The van der Waals surface area contributed by atoms with E-state index in [9.17, 15) is 0 Å². The molecular formula is C14H23ClNO+. The third kappa shape index (κ3) is 4.57. The number of aryl methyl sites for hydroxylation is 2. The molecule has 0 unspecified atom stereocenters. The molecule has 96 valence electrons. The topological polar surface area (TPSA) is 25.8 Å². The maximum atomic E-state index is 6.11. The number of hydrogen-bond donors (Lipinski definition) is 1. The monoisotopic (exact) mass is 256 g/mol. The number of benzene rings is 1. The van der Waals surface area contributed by atoms with Gasteiger partial charge in [-0.2, -0.15) is 0 Å². The van der Waals surface area contributed by atoms with Crippen molar-refractivity contribution >= 4 is 11.6 Å². The summed E-state index contributed by atoms with van der Waals surface area (Å²) in [5.41, 5.74) is 2.15. The highest BCUT2D eigenvalue weighted by Crippen LogP contribution is 2.25. The number of quaternary nitrogens is 1. The van der Waals surface area contributed by atoms with Crippen molar-refractivity contribution in [3.05, 3.63) is 28.3 Å². The molecule has 0 radical (unpaired) electrons. The van der Waals surface area contributed by atoms with E-state index in [-0.39, 0.29) is 0 Å². The summed E-state index contributed by atoms with van der Waals surface area (Å²) in [5, 5.41) is 3.15. The Morgan fingerprint density at radius 2 is 1.88 bits per heavy atom. The normalized spacial score (nSPS) is 12.5. The van der Waals surface area contributed by atoms with Gasteiger partial charge in [0, 0.05) is 5.02 Å². The summed E-state index contributed by atoms with van der Waals surface area (Å²) in [6, 6.07) is 4.67. The van der Waals surface area contributed by atoms with E-state index in [0.717, 1.165) is 35.1 Å². The molecule has 0 saturated heterocycles. The SMILES string of the molecule is CC[C@H](C)[NH2+]CCOc1cc(C)c(Cl)c(C)c1. The summed E-state index contributed by atoms with van der Waals surface area (Å²) in [5.74, 6) is 0.918. The standard InChI is InChI=1S/C14H22ClNO/c1-5-12(4)16-6-7-17-13-8-10(2)14(15)11(3)9-13/h8-9,12,16H,5-7H2,1-4H3/p+1/t12-/m0/s1. The Morgan fingerprint density at radius 1 is 1.29 bits per heavy atom. The maximum absolute atomic E-state index is 6.11. The predicted octanol–water partition coefficient (Wildman–Crippen LogP) is 2.70. The van der Waals surface area contributed by atoms with Crippen LogP contribution in [0, 0.1) is 13.8 Å². The van der Waals surface area contributed by atoms with Gasteiger partial charge < -0.3 is 10.1 Å². The molecule has 0 aliphatic carbocycles. The van der Waals surface area contributed by atoms with Gasteiger partial charge in [-0.1, -0.05) is 18.5 Å². The molecule has 0 spiro atoms. The second kappa shape index (κ2) is 6.87. The number of ether oxygens (including phenoxy) is 1. The van der Waals surface area contributed by atoms with Gasteiger partial charge in [-0.15, -0.1) is 0 Å². The molecule has 0 heterocycles. The van der Waals surface area contributed by atoms with Gasteiger partial charge in [-0.25, -0.2) is 0 Å². The number of nitrogens with two attached hydrogens (primary N) is 1. The fourth-order valence-electron chi connectivity index (χ4n) is 1.69. The Hall–Kier alpha value is -0.730. The summed E-state index contributed by atoms with van der Waals surface area (Å²) >= 11 is 6.11. The maximum Gasteiger partial charge on any atom is 0.137 e. The Bertz CT molecular complexity index is 342. The highest BCUT2D eigenvalue weighted by molar-refractivity contribution is 6.32. The van der Waals surface area contributed by atoms with E-state index in [0.29, 0.717) is 6.04 Å². The zero-order valence-corrected chi connectivity index (χ0v) is 12.0. The van der Waals surface area contributed by atoms with Crippen molar-refractivity contribution < 1.29 is 10.1 Å². The minimum Gasteiger partial charge on any atom is -0.488 e. The first-order valence-electron chi connectivity index (χ1n) is 6.27. The first kappa shape index (κ1) is 14.3. The third-order valence-electron chi connectivity index (χ3n) is 3.01.